The van der Waals surface area contributed by atoms with Crippen molar-refractivity contribution in [1.82, 2.24) is 0 Å². The molecule has 0 aliphatic heterocycles. The predicted octanol–water partition coefficient (Wildman–Crippen LogP) is 2.40. The van der Waals surface area contributed by atoms with Crippen molar-refractivity contribution in [2.45, 2.75) is 45.3 Å². The van der Waals surface area contributed by atoms with E-state index in [0.717, 1.165) is 19.3 Å². The van der Waals surface area contributed by atoms with Gasteiger partial charge in [0, 0.05) is 6.42 Å². The number of ether oxygens (including phenoxy) is 1. The van der Waals surface area contributed by atoms with Gasteiger partial charge in [-0.3, -0.25) is 0 Å². The van der Waals surface area contributed by atoms with Gasteiger partial charge in [-0.2, -0.15) is 0 Å². The van der Waals surface area contributed by atoms with E-state index in [1.807, 2.05) is 19.9 Å². The van der Waals surface area contributed by atoms with E-state index < -0.39 is 0 Å². The lowest BCUT2D eigenvalue weighted by Gasteiger charge is -2.28. The molecule has 1 saturated carbocycles. The first-order valence-electron chi connectivity index (χ1n) is 4.86. The molecule has 2 atom stereocenters. The Morgan fingerprint density at radius 3 is 2.85 bits per heavy atom. The highest BCUT2D eigenvalue weighted by atomic mass is 16.5. The molecule has 1 aliphatic carbocycles. The Balaban J connectivity index is 2.49. The van der Waals surface area contributed by atoms with Crippen LogP contribution in [0.1, 0.15) is 33.1 Å². The summed E-state index contributed by atoms with van der Waals surface area (Å²) >= 11 is 0. The number of hydrogen-bond acceptors (Lipinski definition) is 2. The summed E-state index contributed by atoms with van der Waals surface area (Å²) in [7, 11) is 0. The van der Waals surface area contributed by atoms with E-state index in [1.165, 1.54) is 5.57 Å². The highest BCUT2D eigenvalue weighted by molar-refractivity contribution is 5.07. The molecular weight excluding hydrogens is 164 g/mol. The highest BCUT2D eigenvalue weighted by Gasteiger charge is 2.25. The first kappa shape index (κ1) is 10.3. The predicted molar refractivity (Wildman–Crippen MR) is 53.3 cm³/mol. The molecule has 13 heavy (non-hydrogen) atoms. The maximum absolute atomic E-state index is 9.62. The smallest absolute Gasteiger partial charge is 0.127 e. The summed E-state index contributed by atoms with van der Waals surface area (Å²) in [6.45, 7) is 3.95. The van der Waals surface area contributed by atoms with E-state index in [9.17, 15) is 5.11 Å². The number of aliphatic hydroxyl groups excluding tert-OH is 1. The molecule has 1 aliphatic rings. The van der Waals surface area contributed by atoms with Crippen LogP contribution in [-0.2, 0) is 4.74 Å². The minimum absolute atomic E-state index is 0.0452. The minimum atomic E-state index is -0.306. The van der Waals surface area contributed by atoms with E-state index in [4.69, 9.17) is 4.74 Å². The van der Waals surface area contributed by atoms with Crippen molar-refractivity contribution >= 4 is 0 Å². The third kappa shape index (κ3) is 2.88. The monoisotopic (exact) mass is 182 g/mol. The molecule has 0 saturated heterocycles. The number of rotatable bonds is 2. The average molecular weight is 182 g/mol. The molecule has 1 rings (SSSR count). The lowest BCUT2D eigenvalue weighted by Crippen LogP contribution is -2.31. The molecule has 0 amide bonds. The van der Waals surface area contributed by atoms with Crippen LogP contribution in [0.5, 0.6) is 0 Å². The first-order valence-corrected chi connectivity index (χ1v) is 4.86. The molecule has 0 aromatic carbocycles. The second-order valence-corrected chi connectivity index (χ2v) is 3.40. The first-order chi connectivity index (χ1) is 6.27. The van der Waals surface area contributed by atoms with Gasteiger partial charge >= 0.3 is 0 Å². The van der Waals surface area contributed by atoms with E-state index in [2.05, 4.69) is 6.08 Å². The minimum Gasteiger partial charge on any atom is -0.495 e. The Labute approximate surface area is 79.9 Å². The fourth-order valence-electron chi connectivity index (χ4n) is 1.60. The lowest BCUT2D eigenvalue weighted by molar-refractivity contribution is -0.00570. The van der Waals surface area contributed by atoms with Gasteiger partial charge in [0.1, 0.15) is 6.10 Å². The van der Waals surface area contributed by atoms with Gasteiger partial charge in [0.15, 0.2) is 0 Å². The number of hydrogen-bond donors (Lipinski definition) is 1. The van der Waals surface area contributed by atoms with Crippen LogP contribution in [0.3, 0.4) is 0 Å². The van der Waals surface area contributed by atoms with Gasteiger partial charge in [-0.05, 0) is 26.7 Å². The highest BCUT2D eigenvalue weighted by Crippen LogP contribution is 2.26. The van der Waals surface area contributed by atoms with Crippen molar-refractivity contribution < 1.29 is 9.84 Å². The van der Waals surface area contributed by atoms with Gasteiger partial charge in [-0.1, -0.05) is 17.7 Å². The molecule has 2 heteroatoms. The zero-order valence-electron chi connectivity index (χ0n) is 8.36. The summed E-state index contributed by atoms with van der Waals surface area (Å²) in [6, 6.07) is 0. The number of aliphatic hydroxyl groups is 1. The maximum atomic E-state index is 9.62. The molecule has 0 heterocycles. The standard InChI is InChI=1S/C11H18O2/c1-3-7-13-11-8-9(4-2)5-6-10(11)12/h3-4,7,10-12H,5-6,8H2,1-2H3/b7-3-,9-4+. The van der Waals surface area contributed by atoms with Crippen LogP contribution in [-0.4, -0.2) is 17.3 Å². The summed E-state index contributed by atoms with van der Waals surface area (Å²) in [5.74, 6) is 0. The molecule has 1 N–H and O–H groups in total. The Morgan fingerprint density at radius 2 is 2.23 bits per heavy atom. The quantitative estimate of drug-likeness (QED) is 0.525. The van der Waals surface area contributed by atoms with Gasteiger partial charge in [0.25, 0.3) is 0 Å². The fraction of sp³-hybridized carbons (Fsp3) is 0.636. The Hall–Kier alpha value is -0.760. The van der Waals surface area contributed by atoms with Crippen molar-refractivity contribution in [3.05, 3.63) is 24.0 Å². The van der Waals surface area contributed by atoms with Crippen LogP contribution in [0.25, 0.3) is 0 Å². The molecule has 0 aromatic heterocycles. The Bertz CT molecular complexity index is 206. The Morgan fingerprint density at radius 1 is 1.46 bits per heavy atom. The molecule has 0 bridgehead atoms. The third-order valence-corrected chi connectivity index (χ3v) is 2.45. The van der Waals surface area contributed by atoms with Crippen LogP contribution in [0.15, 0.2) is 24.0 Å². The molecule has 0 spiro atoms. The van der Waals surface area contributed by atoms with Crippen molar-refractivity contribution in [3.8, 4) is 0 Å². The van der Waals surface area contributed by atoms with Crippen LogP contribution < -0.4 is 0 Å². The topological polar surface area (TPSA) is 29.5 Å². The molecule has 1 fully saturated rings. The normalized spacial score (nSPS) is 32.7. The van der Waals surface area contributed by atoms with Gasteiger partial charge in [0.2, 0.25) is 0 Å². The molecule has 0 aromatic rings. The summed E-state index contributed by atoms with van der Waals surface area (Å²) < 4.78 is 5.41. The van der Waals surface area contributed by atoms with Crippen LogP contribution in [0, 0.1) is 0 Å². The molecule has 74 valence electrons. The summed E-state index contributed by atoms with van der Waals surface area (Å²) in [5.41, 5.74) is 1.39. The van der Waals surface area contributed by atoms with Gasteiger partial charge < -0.3 is 9.84 Å². The fourth-order valence-corrected chi connectivity index (χ4v) is 1.60. The summed E-state index contributed by atoms with van der Waals surface area (Å²) in [4.78, 5) is 0. The zero-order chi connectivity index (χ0) is 9.68. The van der Waals surface area contributed by atoms with E-state index in [0.29, 0.717) is 0 Å². The van der Waals surface area contributed by atoms with Crippen LogP contribution in [0.4, 0.5) is 0 Å². The second kappa shape index (κ2) is 5.07. The van der Waals surface area contributed by atoms with E-state index in [-0.39, 0.29) is 12.2 Å². The molecule has 2 unspecified atom stereocenters. The molecule has 2 nitrogen and oxygen atoms in total. The largest absolute Gasteiger partial charge is 0.495 e. The average Bonchev–Trinajstić information content (AvgIpc) is 2.17. The lowest BCUT2D eigenvalue weighted by atomic mass is 9.90. The van der Waals surface area contributed by atoms with Gasteiger partial charge in [-0.15, -0.1) is 0 Å². The summed E-state index contributed by atoms with van der Waals surface area (Å²) in [5, 5.41) is 9.62. The van der Waals surface area contributed by atoms with Crippen molar-refractivity contribution in [1.29, 1.82) is 0 Å². The summed E-state index contributed by atoms with van der Waals surface area (Å²) in [6.07, 6.45) is 7.97. The van der Waals surface area contributed by atoms with Gasteiger partial charge in [0.05, 0.1) is 12.4 Å². The second-order valence-electron chi connectivity index (χ2n) is 3.40. The molecular formula is C11H18O2. The SMILES string of the molecule is C/C=C\OC1C/C(=C/C)CCC1O. The van der Waals surface area contributed by atoms with E-state index >= 15 is 0 Å². The van der Waals surface area contributed by atoms with Crippen LogP contribution >= 0.6 is 0 Å². The van der Waals surface area contributed by atoms with Crippen molar-refractivity contribution in [2.24, 2.45) is 0 Å². The third-order valence-electron chi connectivity index (χ3n) is 2.45. The van der Waals surface area contributed by atoms with Crippen LogP contribution in [0.2, 0.25) is 0 Å². The van der Waals surface area contributed by atoms with Crippen molar-refractivity contribution in [2.75, 3.05) is 0 Å². The van der Waals surface area contributed by atoms with Crippen molar-refractivity contribution in [3.63, 3.8) is 0 Å². The Kier molecular flexibility index (Phi) is 4.03. The molecule has 0 radical (unpaired) electrons. The van der Waals surface area contributed by atoms with Gasteiger partial charge in [-0.25, -0.2) is 0 Å². The maximum Gasteiger partial charge on any atom is 0.127 e. The van der Waals surface area contributed by atoms with E-state index in [1.54, 1.807) is 6.26 Å². The number of allylic oxidation sites excluding steroid dienone is 2. The zero-order valence-corrected chi connectivity index (χ0v) is 8.36.